The number of ether oxygens (including phenoxy) is 1. The number of hydrogen-bond acceptors (Lipinski definition) is 3. The van der Waals surface area contributed by atoms with Gasteiger partial charge in [0, 0.05) is 18.3 Å². The van der Waals surface area contributed by atoms with Gasteiger partial charge < -0.3 is 15.4 Å². The first-order chi connectivity index (χ1) is 15.2. The molecule has 31 heavy (non-hydrogen) atoms. The second kappa shape index (κ2) is 10.3. The second-order valence-corrected chi connectivity index (χ2v) is 8.21. The zero-order valence-electron chi connectivity index (χ0n) is 17.2. The first-order valence-corrected chi connectivity index (χ1v) is 11.0. The minimum Gasteiger partial charge on any atom is -0.474 e. The molecule has 0 atom stereocenters. The summed E-state index contributed by atoms with van der Waals surface area (Å²) >= 11 is 5.87. The van der Waals surface area contributed by atoms with Gasteiger partial charge in [-0.05, 0) is 42.9 Å². The zero-order valence-corrected chi connectivity index (χ0v) is 18.0. The summed E-state index contributed by atoms with van der Waals surface area (Å²) in [6, 6.07) is 23.4. The van der Waals surface area contributed by atoms with E-state index in [0.717, 1.165) is 36.8 Å². The van der Waals surface area contributed by atoms with Crippen LogP contribution in [0.3, 0.4) is 0 Å². The molecule has 0 bridgehead atoms. The Labute approximate surface area is 187 Å². The molecule has 0 saturated heterocycles. The molecule has 1 aliphatic rings. The topological polar surface area (TPSA) is 63.2 Å². The van der Waals surface area contributed by atoms with Gasteiger partial charge in [-0.2, -0.15) is 0 Å². The molecule has 1 heterocycles. The maximum atomic E-state index is 12.8. The number of pyridine rings is 1. The van der Waals surface area contributed by atoms with Crippen LogP contribution in [0, 0.1) is 0 Å². The Bertz CT molecular complexity index is 920. The molecular weight excluding hydrogens is 410 g/mol. The van der Waals surface area contributed by atoms with Crippen molar-refractivity contribution in [2.45, 2.75) is 43.9 Å². The summed E-state index contributed by atoms with van der Waals surface area (Å²) in [6.45, 7) is 0. The highest BCUT2D eigenvalue weighted by atomic mass is 35.5. The van der Waals surface area contributed by atoms with Crippen LogP contribution in [-0.4, -0.2) is 23.2 Å². The molecule has 0 aliphatic heterocycles. The number of carbonyl (C=O) groups excluding carboxylic acids is 1. The van der Waals surface area contributed by atoms with E-state index in [1.54, 1.807) is 18.3 Å². The fourth-order valence-electron chi connectivity index (χ4n) is 3.94. The van der Waals surface area contributed by atoms with E-state index in [0.29, 0.717) is 10.9 Å². The third-order valence-corrected chi connectivity index (χ3v) is 5.76. The van der Waals surface area contributed by atoms with Crippen LogP contribution in [0.2, 0.25) is 5.02 Å². The maximum Gasteiger partial charge on any atom is 0.315 e. The molecule has 1 aromatic heterocycles. The first kappa shape index (κ1) is 21.2. The number of nitrogens with zero attached hydrogens (tertiary/aromatic N) is 1. The minimum absolute atomic E-state index is 0.108. The number of rotatable bonds is 6. The van der Waals surface area contributed by atoms with Crippen molar-refractivity contribution < 1.29 is 9.53 Å². The lowest BCUT2D eigenvalue weighted by molar-refractivity contribution is 0.134. The van der Waals surface area contributed by atoms with E-state index in [1.165, 1.54) is 0 Å². The van der Waals surface area contributed by atoms with E-state index in [2.05, 4.69) is 15.6 Å². The Hall–Kier alpha value is -3.05. The SMILES string of the molecule is O=C(NC1CCC(Oc2ccc(Cl)cn2)CC1)NC(c1ccccc1)c1ccccc1. The number of nitrogens with one attached hydrogen (secondary N) is 2. The highest BCUT2D eigenvalue weighted by Gasteiger charge is 2.25. The molecule has 6 heteroatoms. The molecule has 0 radical (unpaired) electrons. The van der Waals surface area contributed by atoms with Crippen LogP contribution in [0.15, 0.2) is 79.0 Å². The summed E-state index contributed by atoms with van der Waals surface area (Å²) in [7, 11) is 0. The number of urea groups is 1. The molecule has 5 nitrogen and oxygen atoms in total. The highest BCUT2D eigenvalue weighted by Crippen LogP contribution is 2.25. The van der Waals surface area contributed by atoms with E-state index >= 15 is 0 Å². The Morgan fingerprint density at radius 2 is 1.52 bits per heavy atom. The summed E-state index contributed by atoms with van der Waals surface area (Å²) in [4.78, 5) is 17.0. The van der Waals surface area contributed by atoms with E-state index in [-0.39, 0.29) is 24.2 Å². The zero-order chi connectivity index (χ0) is 21.5. The van der Waals surface area contributed by atoms with Crippen LogP contribution in [0.5, 0.6) is 5.88 Å². The van der Waals surface area contributed by atoms with Gasteiger partial charge in [0.15, 0.2) is 0 Å². The first-order valence-electron chi connectivity index (χ1n) is 10.6. The Morgan fingerprint density at radius 3 is 2.06 bits per heavy atom. The van der Waals surface area contributed by atoms with Crippen molar-refractivity contribution in [2.24, 2.45) is 0 Å². The van der Waals surface area contributed by atoms with Crippen LogP contribution < -0.4 is 15.4 Å². The van der Waals surface area contributed by atoms with Crippen LogP contribution in [-0.2, 0) is 0 Å². The van der Waals surface area contributed by atoms with E-state index < -0.39 is 0 Å². The molecule has 4 rings (SSSR count). The van der Waals surface area contributed by atoms with Gasteiger partial charge in [0.25, 0.3) is 0 Å². The van der Waals surface area contributed by atoms with E-state index in [1.807, 2.05) is 60.7 Å². The Balaban J connectivity index is 1.31. The van der Waals surface area contributed by atoms with Crippen molar-refractivity contribution in [3.63, 3.8) is 0 Å². The molecule has 1 saturated carbocycles. The van der Waals surface area contributed by atoms with Crippen molar-refractivity contribution in [3.8, 4) is 5.88 Å². The maximum absolute atomic E-state index is 12.8. The molecule has 160 valence electrons. The van der Waals surface area contributed by atoms with Crippen molar-refractivity contribution >= 4 is 17.6 Å². The number of halogens is 1. The van der Waals surface area contributed by atoms with E-state index in [4.69, 9.17) is 16.3 Å². The highest BCUT2D eigenvalue weighted by molar-refractivity contribution is 6.30. The quantitative estimate of drug-likeness (QED) is 0.536. The fraction of sp³-hybridized carbons (Fsp3) is 0.280. The Morgan fingerprint density at radius 1 is 0.903 bits per heavy atom. The Kier molecular flexibility index (Phi) is 7.05. The summed E-state index contributed by atoms with van der Waals surface area (Å²) < 4.78 is 5.95. The predicted molar refractivity (Wildman–Crippen MR) is 122 cm³/mol. The number of benzene rings is 2. The molecule has 3 aromatic rings. The average molecular weight is 436 g/mol. The van der Waals surface area contributed by atoms with Gasteiger partial charge in [-0.25, -0.2) is 9.78 Å². The van der Waals surface area contributed by atoms with Gasteiger partial charge in [-0.3, -0.25) is 0 Å². The van der Waals surface area contributed by atoms with Crippen molar-refractivity contribution in [1.29, 1.82) is 0 Å². The van der Waals surface area contributed by atoms with Crippen molar-refractivity contribution in [3.05, 3.63) is 95.1 Å². The van der Waals surface area contributed by atoms with Crippen LogP contribution in [0.25, 0.3) is 0 Å². The van der Waals surface area contributed by atoms with Crippen LogP contribution in [0.1, 0.15) is 42.9 Å². The third kappa shape index (κ3) is 5.98. The number of amides is 2. The lowest BCUT2D eigenvalue weighted by Gasteiger charge is -2.30. The van der Waals surface area contributed by atoms with Crippen LogP contribution >= 0.6 is 11.6 Å². The predicted octanol–water partition coefficient (Wildman–Crippen LogP) is 5.51. The number of carbonyl (C=O) groups is 1. The standard InChI is InChI=1S/C25H26ClN3O2/c26-20-11-16-23(27-17-20)31-22-14-12-21(13-15-22)28-25(30)29-24(18-7-3-1-4-8-18)19-9-5-2-6-10-19/h1-11,16-17,21-22,24H,12-15H2,(H2,28,29,30). The molecule has 0 spiro atoms. The van der Waals surface area contributed by atoms with Gasteiger partial charge in [-0.1, -0.05) is 72.3 Å². The molecule has 1 fully saturated rings. The van der Waals surface area contributed by atoms with Gasteiger partial charge >= 0.3 is 6.03 Å². The molecule has 0 unspecified atom stereocenters. The lowest BCUT2D eigenvalue weighted by atomic mass is 9.93. The van der Waals surface area contributed by atoms with Crippen molar-refractivity contribution in [1.82, 2.24) is 15.6 Å². The number of hydrogen-bond donors (Lipinski definition) is 2. The van der Waals surface area contributed by atoms with Gasteiger partial charge in [0.2, 0.25) is 5.88 Å². The smallest absolute Gasteiger partial charge is 0.315 e. The molecule has 2 amide bonds. The number of aromatic nitrogens is 1. The fourth-order valence-corrected chi connectivity index (χ4v) is 4.05. The third-order valence-electron chi connectivity index (χ3n) is 5.54. The normalized spacial score (nSPS) is 18.4. The van der Waals surface area contributed by atoms with Gasteiger partial charge in [0.05, 0.1) is 11.1 Å². The van der Waals surface area contributed by atoms with Gasteiger partial charge in [-0.15, -0.1) is 0 Å². The minimum atomic E-state index is -0.196. The monoisotopic (exact) mass is 435 g/mol. The molecule has 2 N–H and O–H groups in total. The summed E-state index contributed by atoms with van der Waals surface area (Å²) in [5.41, 5.74) is 2.10. The van der Waals surface area contributed by atoms with Crippen molar-refractivity contribution in [2.75, 3.05) is 0 Å². The van der Waals surface area contributed by atoms with Gasteiger partial charge in [0.1, 0.15) is 6.10 Å². The summed E-state index contributed by atoms with van der Waals surface area (Å²) in [5.74, 6) is 0.590. The second-order valence-electron chi connectivity index (χ2n) is 7.78. The molecule has 2 aromatic carbocycles. The molecular formula is C25H26ClN3O2. The summed E-state index contributed by atoms with van der Waals surface area (Å²) in [6.07, 6.45) is 5.17. The largest absolute Gasteiger partial charge is 0.474 e. The lowest BCUT2D eigenvalue weighted by Crippen LogP contribution is -2.45. The average Bonchev–Trinajstić information content (AvgIpc) is 2.81. The van der Waals surface area contributed by atoms with Crippen LogP contribution in [0.4, 0.5) is 4.79 Å². The summed E-state index contributed by atoms with van der Waals surface area (Å²) in [5, 5.41) is 6.88. The molecule has 1 aliphatic carbocycles. The van der Waals surface area contributed by atoms with E-state index in [9.17, 15) is 4.79 Å².